The van der Waals surface area contributed by atoms with E-state index in [1.807, 2.05) is 7.05 Å². The van der Waals surface area contributed by atoms with Gasteiger partial charge in [-0.3, -0.25) is 0 Å². The van der Waals surface area contributed by atoms with Gasteiger partial charge in [-0.25, -0.2) is 4.72 Å². The number of nitrogens with one attached hydrogen (secondary N) is 2. The Morgan fingerprint density at radius 3 is 2.40 bits per heavy atom. The van der Waals surface area contributed by atoms with Crippen LogP contribution in [0, 0.1) is 0 Å². The van der Waals surface area contributed by atoms with Gasteiger partial charge in [0.2, 0.25) is 0 Å². The summed E-state index contributed by atoms with van der Waals surface area (Å²) in [4.78, 5) is 1.22. The third-order valence-electron chi connectivity index (χ3n) is 2.40. The molecule has 15 heavy (non-hydrogen) atoms. The first-order chi connectivity index (χ1) is 7.22. The summed E-state index contributed by atoms with van der Waals surface area (Å²) in [5.74, 6) is 0. The lowest BCUT2D eigenvalue weighted by atomic mass is 10.0. The maximum atomic E-state index is 5.18. The van der Waals surface area contributed by atoms with Crippen LogP contribution in [0.25, 0.3) is 0 Å². The fraction of sp³-hybridized carbons (Fsp3) is 0.455. The standard InChI is InChI=1S/C11H16N2OS/c1-11(7-14-8-11)13-15-10-5-3-9(12-2)4-6-10/h3-6,12-13H,7-8H2,1-2H3. The minimum absolute atomic E-state index is 0.145. The molecular formula is C11H16N2OS. The fourth-order valence-electron chi connectivity index (χ4n) is 1.34. The van der Waals surface area contributed by atoms with E-state index >= 15 is 0 Å². The molecule has 0 amide bonds. The van der Waals surface area contributed by atoms with E-state index in [1.165, 1.54) is 4.90 Å². The van der Waals surface area contributed by atoms with Crippen LogP contribution < -0.4 is 10.0 Å². The molecular weight excluding hydrogens is 208 g/mol. The van der Waals surface area contributed by atoms with E-state index < -0.39 is 0 Å². The van der Waals surface area contributed by atoms with Crippen molar-refractivity contribution in [1.29, 1.82) is 0 Å². The Morgan fingerprint density at radius 1 is 1.27 bits per heavy atom. The van der Waals surface area contributed by atoms with Crippen molar-refractivity contribution >= 4 is 17.6 Å². The predicted octanol–water partition coefficient (Wildman–Crippen LogP) is 2.11. The van der Waals surface area contributed by atoms with Gasteiger partial charge in [-0.15, -0.1) is 0 Å². The van der Waals surface area contributed by atoms with Gasteiger partial charge in [-0.1, -0.05) is 0 Å². The Balaban J connectivity index is 1.87. The molecule has 0 unspecified atom stereocenters. The molecule has 0 atom stereocenters. The van der Waals surface area contributed by atoms with Crippen LogP contribution in [0.4, 0.5) is 5.69 Å². The van der Waals surface area contributed by atoms with Crippen molar-refractivity contribution in [3.63, 3.8) is 0 Å². The molecule has 0 spiro atoms. The highest BCUT2D eigenvalue weighted by Gasteiger charge is 2.32. The fourth-order valence-corrected chi connectivity index (χ4v) is 2.09. The minimum atomic E-state index is 0.145. The topological polar surface area (TPSA) is 33.3 Å². The second kappa shape index (κ2) is 4.43. The number of hydrogen-bond acceptors (Lipinski definition) is 4. The van der Waals surface area contributed by atoms with Crippen LogP contribution in [-0.2, 0) is 4.74 Å². The molecule has 0 saturated carbocycles. The second-order valence-electron chi connectivity index (χ2n) is 4.03. The Kier molecular flexibility index (Phi) is 3.19. The molecule has 0 radical (unpaired) electrons. The van der Waals surface area contributed by atoms with E-state index in [0.717, 1.165) is 18.9 Å². The summed E-state index contributed by atoms with van der Waals surface area (Å²) < 4.78 is 8.60. The highest BCUT2D eigenvalue weighted by atomic mass is 32.2. The molecule has 1 aromatic rings. The van der Waals surface area contributed by atoms with Crippen molar-refractivity contribution in [1.82, 2.24) is 4.72 Å². The smallest absolute Gasteiger partial charge is 0.0724 e. The summed E-state index contributed by atoms with van der Waals surface area (Å²) >= 11 is 1.66. The molecule has 2 rings (SSSR count). The van der Waals surface area contributed by atoms with Crippen molar-refractivity contribution in [2.75, 3.05) is 25.6 Å². The zero-order valence-corrected chi connectivity index (χ0v) is 9.86. The zero-order valence-electron chi connectivity index (χ0n) is 9.04. The summed E-state index contributed by atoms with van der Waals surface area (Å²) in [5, 5.41) is 3.10. The van der Waals surface area contributed by atoms with Gasteiger partial charge in [0.25, 0.3) is 0 Å². The van der Waals surface area contributed by atoms with Gasteiger partial charge >= 0.3 is 0 Å². The highest BCUT2D eigenvalue weighted by Crippen LogP contribution is 2.24. The van der Waals surface area contributed by atoms with Gasteiger partial charge in [0.15, 0.2) is 0 Å². The molecule has 1 saturated heterocycles. The molecule has 0 aromatic heterocycles. The minimum Gasteiger partial charge on any atom is -0.388 e. The predicted molar refractivity (Wildman–Crippen MR) is 64.2 cm³/mol. The molecule has 1 heterocycles. The van der Waals surface area contributed by atoms with Crippen LogP contribution in [0.2, 0.25) is 0 Å². The lowest BCUT2D eigenvalue weighted by Gasteiger charge is -2.38. The first-order valence-corrected chi connectivity index (χ1v) is 5.83. The third-order valence-corrected chi connectivity index (χ3v) is 3.50. The molecule has 1 aliphatic rings. The van der Waals surface area contributed by atoms with E-state index in [1.54, 1.807) is 11.9 Å². The Hall–Kier alpha value is -0.710. The number of benzene rings is 1. The average molecular weight is 224 g/mol. The largest absolute Gasteiger partial charge is 0.388 e. The van der Waals surface area contributed by atoms with E-state index in [-0.39, 0.29) is 5.54 Å². The van der Waals surface area contributed by atoms with E-state index in [0.29, 0.717) is 0 Å². The molecule has 82 valence electrons. The average Bonchev–Trinajstić information content (AvgIpc) is 2.24. The van der Waals surface area contributed by atoms with Crippen molar-refractivity contribution in [3.8, 4) is 0 Å². The zero-order chi connectivity index (χ0) is 10.7. The molecule has 0 aliphatic carbocycles. The van der Waals surface area contributed by atoms with Crippen LogP contribution in [0.15, 0.2) is 29.2 Å². The molecule has 2 N–H and O–H groups in total. The molecule has 1 aromatic carbocycles. The Bertz CT molecular complexity index is 322. The summed E-state index contributed by atoms with van der Waals surface area (Å²) in [5.41, 5.74) is 1.28. The first-order valence-electron chi connectivity index (χ1n) is 5.01. The van der Waals surface area contributed by atoms with E-state index in [9.17, 15) is 0 Å². The summed E-state index contributed by atoms with van der Waals surface area (Å²) in [6.07, 6.45) is 0. The monoisotopic (exact) mass is 224 g/mol. The molecule has 1 fully saturated rings. The Morgan fingerprint density at radius 2 is 1.93 bits per heavy atom. The van der Waals surface area contributed by atoms with Gasteiger partial charge < -0.3 is 10.1 Å². The maximum absolute atomic E-state index is 5.18. The van der Waals surface area contributed by atoms with Crippen molar-refractivity contribution in [2.45, 2.75) is 17.4 Å². The summed E-state index contributed by atoms with van der Waals surface area (Å²) in [6, 6.07) is 8.35. The molecule has 3 nitrogen and oxygen atoms in total. The van der Waals surface area contributed by atoms with Crippen molar-refractivity contribution in [2.24, 2.45) is 0 Å². The lowest BCUT2D eigenvalue weighted by Crippen LogP contribution is -2.55. The van der Waals surface area contributed by atoms with Crippen LogP contribution in [0.1, 0.15) is 6.92 Å². The Labute approximate surface area is 94.7 Å². The van der Waals surface area contributed by atoms with Crippen LogP contribution in [0.3, 0.4) is 0 Å². The van der Waals surface area contributed by atoms with Gasteiger partial charge in [-0.2, -0.15) is 0 Å². The quantitative estimate of drug-likeness (QED) is 0.768. The summed E-state index contributed by atoms with van der Waals surface area (Å²) in [6.45, 7) is 3.77. The summed E-state index contributed by atoms with van der Waals surface area (Å²) in [7, 11) is 1.92. The van der Waals surface area contributed by atoms with Crippen molar-refractivity contribution in [3.05, 3.63) is 24.3 Å². The molecule has 4 heteroatoms. The first kappa shape index (κ1) is 10.8. The van der Waals surface area contributed by atoms with Crippen molar-refractivity contribution < 1.29 is 4.74 Å². The van der Waals surface area contributed by atoms with E-state index in [4.69, 9.17) is 4.74 Å². The van der Waals surface area contributed by atoms with E-state index in [2.05, 4.69) is 41.2 Å². The lowest BCUT2D eigenvalue weighted by molar-refractivity contribution is -0.0510. The van der Waals surface area contributed by atoms with Gasteiger partial charge in [-0.05, 0) is 43.1 Å². The van der Waals surface area contributed by atoms with Gasteiger partial charge in [0, 0.05) is 17.6 Å². The number of rotatable bonds is 4. The van der Waals surface area contributed by atoms with Gasteiger partial charge in [0.05, 0.1) is 18.8 Å². The number of hydrogen-bond donors (Lipinski definition) is 2. The van der Waals surface area contributed by atoms with Crippen LogP contribution in [0.5, 0.6) is 0 Å². The number of anilines is 1. The molecule has 1 aliphatic heterocycles. The molecule has 0 bridgehead atoms. The van der Waals surface area contributed by atoms with Crippen LogP contribution >= 0.6 is 11.9 Å². The van der Waals surface area contributed by atoms with Gasteiger partial charge in [0.1, 0.15) is 0 Å². The SMILES string of the molecule is CNc1ccc(SNC2(C)COC2)cc1. The highest BCUT2D eigenvalue weighted by molar-refractivity contribution is 7.97. The second-order valence-corrected chi connectivity index (χ2v) is 4.91. The third kappa shape index (κ3) is 2.65. The maximum Gasteiger partial charge on any atom is 0.0724 e. The number of ether oxygens (including phenoxy) is 1. The van der Waals surface area contributed by atoms with Crippen LogP contribution in [-0.4, -0.2) is 25.8 Å². The normalized spacial score (nSPS) is 18.3.